The van der Waals surface area contributed by atoms with E-state index in [0.717, 1.165) is 3.57 Å². The fourth-order valence-electron chi connectivity index (χ4n) is 1.11. The summed E-state index contributed by atoms with van der Waals surface area (Å²) < 4.78 is 0.826. The molecule has 0 radical (unpaired) electrons. The van der Waals surface area contributed by atoms with Gasteiger partial charge in [0.2, 0.25) is 0 Å². The van der Waals surface area contributed by atoms with Crippen LogP contribution in [0.3, 0.4) is 0 Å². The minimum atomic E-state index is -0.413. The van der Waals surface area contributed by atoms with E-state index < -0.39 is 4.92 Å². The Hall–Kier alpha value is -0.890. The number of hydrogen-bond acceptors (Lipinski definition) is 4. The van der Waals surface area contributed by atoms with Crippen molar-refractivity contribution in [2.24, 2.45) is 0 Å². The molecule has 0 aliphatic carbocycles. The number of nitrogens with zero attached hydrogens (tertiary/aromatic N) is 1. The van der Waals surface area contributed by atoms with Gasteiger partial charge < -0.3 is 10.4 Å². The van der Waals surface area contributed by atoms with Crippen molar-refractivity contribution in [3.8, 4) is 0 Å². The van der Waals surface area contributed by atoms with Crippen molar-refractivity contribution in [1.29, 1.82) is 0 Å². The number of anilines is 1. The Morgan fingerprint density at radius 3 is 2.87 bits per heavy atom. The summed E-state index contributed by atoms with van der Waals surface area (Å²) in [5.41, 5.74) is 0.564. The Bertz CT molecular complexity index is 357. The standard InChI is InChI=1S/C9H11IN2O3/c10-7-2-3-8(11-4-1-5-13)9(6-7)12(14)15/h2-3,6,11,13H,1,4-5H2. The van der Waals surface area contributed by atoms with Crippen LogP contribution in [0.5, 0.6) is 0 Å². The van der Waals surface area contributed by atoms with Gasteiger partial charge in [-0.3, -0.25) is 10.1 Å². The first-order valence-electron chi connectivity index (χ1n) is 4.44. The lowest BCUT2D eigenvalue weighted by Crippen LogP contribution is -2.05. The molecule has 2 N–H and O–H groups in total. The fourth-order valence-corrected chi connectivity index (χ4v) is 1.58. The molecule has 0 aliphatic heterocycles. The van der Waals surface area contributed by atoms with Gasteiger partial charge in [0.25, 0.3) is 5.69 Å². The molecule has 0 heterocycles. The molecule has 1 aromatic rings. The molecule has 0 unspecified atom stereocenters. The van der Waals surface area contributed by atoms with Crippen LogP contribution in [-0.2, 0) is 0 Å². The zero-order chi connectivity index (χ0) is 11.3. The number of halogens is 1. The lowest BCUT2D eigenvalue weighted by atomic mass is 10.2. The molecule has 0 spiro atoms. The van der Waals surface area contributed by atoms with E-state index in [9.17, 15) is 10.1 Å². The van der Waals surface area contributed by atoms with Gasteiger partial charge in [-0.25, -0.2) is 0 Å². The van der Waals surface area contributed by atoms with E-state index in [0.29, 0.717) is 18.7 Å². The Kier molecular flexibility index (Phi) is 4.76. The number of rotatable bonds is 5. The van der Waals surface area contributed by atoms with E-state index >= 15 is 0 Å². The molecule has 0 saturated carbocycles. The van der Waals surface area contributed by atoms with Crippen molar-refractivity contribution in [1.82, 2.24) is 0 Å². The molecule has 0 aromatic heterocycles. The number of nitrogens with one attached hydrogen (secondary N) is 1. The molecular weight excluding hydrogens is 311 g/mol. The molecule has 1 rings (SSSR count). The molecule has 0 bridgehead atoms. The number of hydrogen-bond donors (Lipinski definition) is 2. The highest BCUT2D eigenvalue weighted by atomic mass is 127. The van der Waals surface area contributed by atoms with Crippen molar-refractivity contribution in [3.05, 3.63) is 31.9 Å². The van der Waals surface area contributed by atoms with E-state index in [-0.39, 0.29) is 12.3 Å². The molecule has 0 fully saturated rings. The maximum absolute atomic E-state index is 10.7. The number of nitro groups is 1. The average Bonchev–Trinajstić information content (AvgIpc) is 2.20. The highest BCUT2D eigenvalue weighted by Crippen LogP contribution is 2.25. The predicted octanol–water partition coefficient (Wildman–Crippen LogP) is 1.99. The van der Waals surface area contributed by atoms with Crippen LogP contribution in [0, 0.1) is 13.7 Å². The van der Waals surface area contributed by atoms with Crippen molar-refractivity contribution in [2.75, 3.05) is 18.5 Å². The summed E-state index contributed by atoms with van der Waals surface area (Å²) in [6.07, 6.45) is 0.573. The summed E-state index contributed by atoms with van der Waals surface area (Å²) in [6, 6.07) is 4.99. The van der Waals surface area contributed by atoms with Crippen LogP contribution in [0.1, 0.15) is 6.42 Å². The summed E-state index contributed by atoms with van der Waals surface area (Å²) in [6.45, 7) is 0.600. The van der Waals surface area contributed by atoms with Crippen LogP contribution in [0.2, 0.25) is 0 Å². The lowest BCUT2D eigenvalue weighted by Gasteiger charge is -2.06. The van der Waals surface area contributed by atoms with Crippen LogP contribution in [0.15, 0.2) is 18.2 Å². The van der Waals surface area contributed by atoms with Crippen LogP contribution in [-0.4, -0.2) is 23.2 Å². The Balaban J connectivity index is 2.81. The van der Waals surface area contributed by atoms with Crippen molar-refractivity contribution in [2.45, 2.75) is 6.42 Å². The SMILES string of the molecule is O=[N+]([O-])c1cc(I)ccc1NCCCO. The molecule has 82 valence electrons. The Morgan fingerprint density at radius 1 is 1.53 bits per heavy atom. The first-order valence-corrected chi connectivity index (χ1v) is 5.51. The second kappa shape index (κ2) is 5.86. The highest BCUT2D eigenvalue weighted by Gasteiger charge is 2.13. The smallest absolute Gasteiger partial charge is 0.293 e. The van der Waals surface area contributed by atoms with Gasteiger partial charge in [-0.15, -0.1) is 0 Å². The Morgan fingerprint density at radius 2 is 2.27 bits per heavy atom. The molecule has 1 aromatic carbocycles. The maximum Gasteiger partial charge on any atom is 0.293 e. The first kappa shape index (κ1) is 12.2. The van der Waals surface area contributed by atoms with Gasteiger partial charge in [0.1, 0.15) is 5.69 Å². The van der Waals surface area contributed by atoms with E-state index in [2.05, 4.69) is 5.32 Å². The molecule has 15 heavy (non-hydrogen) atoms. The van der Waals surface area contributed by atoms with Crippen LogP contribution in [0.25, 0.3) is 0 Å². The molecular formula is C9H11IN2O3. The minimum Gasteiger partial charge on any atom is -0.396 e. The van der Waals surface area contributed by atoms with E-state index in [4.69, 9.17) is 5.11 Å². The third kappa shape index (κ3) is 3.63. The summed E-state index contributed by atoms with van der Waals surface area (Å²) in [7, 11) is 0. The van der Waals surface area contributed by atoms with Gasteiger partial charge in [0.15, 0.2) is 0 Å². The van der Waals surface area contributed by atoms with Crippen molar-refractivity contribution >= 4 is 34.0 Å². The summed E-state index contributed by atoms with van der Waals surface area (Å²) in [4.78, 5) is 10.3. The van der Waals surface area contributed by atoms with Gasteiger partial charge in [-0.05, 0) is 41.1 Å². The molecule has 0 atom stereocenters. The summed E-state index contributed by atoms with van der Waals surface area (Å²) in [5, 5.41) is 22.2. The van der Waals surface area contributed by atoms with Gasteiger partial charge in [-0.2, -0.15) is 0 Å². The maximum atomic E-state index is 10.7. The lowest BCUT2D eigenvalue weighted by molar-refractivity contribution is -0.384. The van der Waals surface area contributed by atoms with Gasteiger partial charge in [-0.1, -0.05) is 0 Å². The van der Waals surface area contributed by atoms with Crippen molar-refractivity contribution in [3.63, 3.8) is 0 Å². The zero-order valence-electron chi connectivity index (χ0n) is 7.94. The van der Waals surface area contributed by atoms with Crippen LogP contribution in [0.4, 0.5) is 11.4 Å². The van der Waals surface area contributed by atoms with Gasteiger partial charge in [0.05, 0.1) is 4.92 Å². The number of nitro benzene ring substituents is 1. The molecule has 0 aliphatic rings. The summed E-state index contributed by atoms with van der Waals surface area (Å²) in [5.74, 6) is 0. The second-order valence-electron chi connectivity index (χ2n) is 2.92. The van der Waals surface area contributed by atoms with Crippen LogP contribution >= 0.6 is 22.6 Å². The largest absolute Gasteiger partial charge is 0.396 e. The molecule has 0 saturated heterocycles. The fraction of sp³-hybridized carbons (Fsp3) is 0.333. The third-order valence-electron chi connectivity index (χ3n) is 1.81. The molecule has 5 nitrogen and oxygen atoms in total. The van der Waals surface area contributed by atoms with Gasteiger partial charge >= 0.3 is 0 Å². The van der Waals surface area contributed by atoms with E-state index in [1.807, 2.05) is 22.6 Å². The number of aliphatic hydroxyl groups is 1. The number of benzene rings is 1. The molecule has 6 heteroatoms. The first-order chi connectivity index (χ1) is 7.15. The Labute approximate surface area is 101 Å². The predicted molar refractivity (Wildman–Crippen MR) is 66.0 cm³/mol. The normalized spacial score (nSPS) is 10.0. The quantitative estimate of drug-likeness (QED) is 0.376. The van der Waals surface area contributed by atoms with Crippen LogP contribution < -0.4 is 5.32 Å². The zero-order valence-corrected chi connectivity index (χ0v) is 10.1. The van der Waals surface area contributed by atoms with Crippen molar-refractivity contribution < 1.29 is 10.0 Å². The second-order valence-corrected chi connectivity index (χ2v) is 4.17. The topological polar surface area (TPSA) is 75.4 Å². The summed E-state index contributed by atoms with van der Waals surface area (Å²) >= 11 is 2.03. The highest BCUT2D eigenvalue weighted by molar-refractivity contribution is 14.1. The van der Waals surface area contributed by atoms with Gasteiger partial charge in [0, 0.05) is 22.8 Å². The monoisotopic (exact) mass is 322 g/mol. The van der Waals surface area contributed by atoms with E-state index in [1.165, 1.54) is 6.07 Å². The molecule has 0 amide bonds. The third-order valence-corrected chi connectivity index (χ3v) is 2.48. The average molecular weight is 322 g/mol. The van der Waals surface area contributed by atoms with E-state index in [1.54, 1.807) is 12.1 Å². The number of aliphatic hydroxyl groups excluding tert-OH is 1. The minimum absolute atomic E-state index is 0.0693.